The van der Waals surface area contributed by atoms with Crippen LogP contribution in [0.1, 0.15) is 260 Å². The number of para-hydroxylation sites is 2. The maximum atomic E-state index is 7.55. The first-order valence-electron chi connectivity index (χ1n) is 37.3. The highest BCUT2D eigenvalue weighted by molar-refractivity contribution is 6.21. The Morgan fingerprint density at radius 1 is 0.319 bits per heavy atom. The van der Waals surface area contributed by atoms with Crippen LogP contribution in [0, 0.1) is 6.92 Å². The van der Waals surface area contributed by atoms with E-state index in [0.717, 1.165) is 35.2 Å². The van der Waals surface area contributed by atoms with Crippen LogP contribution in [0.15, 0.2) is 167 Å². The molecule has 9 aromatic carbocycles. The van der Waals surface area contributed by atoms with Gasteiger partial charge in [0.1, 0.15) is 22.3 Å². The lowest BCUT2D eigenvalue weighted by Gasteiger charge is -2.40. The maximum absolute atomic E-state index is 7.55. The van der Waals surface area contributed by atoms with Gasteiger partial charge in [0.2, 0.25) is 0 Å². The Labute approximate surface area is 561 Å². The van der Waals surface area contributed by atoms with Crippen molar-refractivity contribution in [3.05, 3.63) is 208 Å². The molecule has 482 valence electrons. The summed E-state index contributed by atoms with van der Waals surface area (Å²) in [5.74, 6) is 0. The summed E-state index contributed by atoms with van der Waals surface area (Å²) >= 11 is 0. The number of hydrogen-bond donors (Lipinski definition) is 0. The zero-order chi connectivity index (χ0) is 64.5. The van der Waals surface area contributed by atoms with Gasteiger partial charge in [-0.3, -0.25) is 0 Å². The number of nitrogens with zero attached hydrogens (tertiary/aromatic N) is 1. The number of benzene rings is 9. The molecule has 0 spiro atoms. The molecular weight excluding hydrogens is 1140 g/mol. The molecule has 0 bridgehead atoms. The molecule has 0 saturated carbocycles. The number of fused-ring (bicyclic) bond motifs is 22. The van der Waals surface area contributed by atoms with Gasteiger partial charge in [-0.2, -0.15) is 0 Å². The first-order valence-corrected chi connectivity index (χ1v) is 37.3. The largest absolute Gasteiger partial charge is 0.456 e. The second-order valence-electron chi connectivity index (χ2n) is 30.5. The minimum Gasteiger partial charge on any atom is -0.456 e. The molecule has 2 heterocycles. The number of rotatable bonds is 27. The van der Waals surface area contributed by atoms with E-state index in [1.54, 1.807) is 22.3 Å². The third-order valence-electron chi connectivity index (χ3n) is 23.8. The minimum absolute atomic E-state index is 0.135. The van der Waals surface area contributed by atoms with E-state index in [4.69, 9.17) is 8.83 Å². The van der Waals surface area contributed by atoms with Crippen molar-refractivity contribution < 1.29 is 8.83 Å². The molecule has 0 unspecified atom stereocenters. The zero-order valence-corrected chi connectivity index (χ0v) is 58.2. The zero-order valence-electron chi connectivity index (χ0n) is 58.2. The smallest absolute Gasteiger partial charge is 0.144 e. The van der Waals surface area contributed by atoms with Crippen molar-refractivity contribution in [2.45, 2.75) is 238 Å². The fourth-order valence-electron chi connectivity index (χ4n) is 19.1. The molecule has 0 fully saturated rings. The topological polar surface area (TPSA) is 29.5 Å². The Morgan fingerprint density at radius 3 is 1.43 bits per heavy atom. The van der Waals surface area contributed by atoms with Crippen molar-refractivity contribution in [3.63, 3.8) is 0 Å². The van der Waals surface area contributed by atoms with Crippen LogP contribution in [0.2, 0.25) is 0 Å². The summed E-state index contributed by atoms with van der Waals surface area (Å²) in [5.41, 5.74) is 31.3. The Morgan fingerprint density at radius 2 is 0.798 bits per heavy atom. The van der Waals surface area contributed by atoms with E-state index in [1.165, 1.54) is 252 Å². The fraction of sp³-hybridized carbons (Fsp3) is 0.407. The summed E-state index contributed by atoms with van der Waals surface area (Å²) in [5, 5.41) is 5.03. The quantitative estimate of drug-likeness (QED) is 0.0481. The van der Waals surface area contributed by atoms with Gasteiger partial charge in [0.15, 0.2) is 0 Å². The number of aryl methyl sites for hydroxylation is 1. The highest BCUT2D eigenvalue weighted by atomic mass is 16.3. The van der Waals surface area contributed by atoms with Crippen LogP contribution >= 0.6 is 0 Å². The predicted octanol–water partition coefficient (Wildman–Crippen LogP) is 27.9. The van der Waals surface area contributed by atoms with Crippen molar-refractivity contribution in [3.8, 4) is 44.5 Å². The second-order valence-corrected chi connectivity index (χ2v) is 30.5. The molecule has 11 aromatic rings. The Hall–Kier alpha value is -7.62. The summed E-state index contributed by atoms with van der Waals surface area (Å²) < 4.78 is 14.1. The summed E-state index contributed by atoms with van der Waals surface area (Å²) in [6, 6.07) is 62.0. The summed E-state index contributed by atoms with van der Waals surface area (Å²) in [6.45, 7) is 21.6. The first-order chi connectivity index (χ1) is 45.9. The molecule has 15 rings (SSSR count). The summed E-state index contributed by atoms with van der Waals surface area (Å²) in [6.07, 6.45) is 30.0. The van der Waals surface area contributed by atoms with E-state index >= 15 is 0 Å². The molecule has 3 heteroatoms. The third kappa shape index (κ3) is 9.99. The van der Waals surface area contributed by atoms with Crippen LogP contribution in [-0.2, 0) is 21.7 Å². The number of furan rings is 2. The molecule has 0 N–H and O–H groups in total. The van der Waals surface area contributed by atoms with Gasteiger partial charge < -0.3 is 13.7 Å². The average molecular weight is 1240 g/mol. The molecule has 3 nitrogen and oxygen atoms in total. The lowest BCUT2D eigenvalue weighted by atomic mass is 9.62. The van der Waals surface area contributed by atoms with E-state index in [2.05, 4.69) is 225 Å². The van der Waals surface area contributed by atoms with Gasteiger partial charge in [-0.25, -0.2) is 0 Å². The molecule has 0 atom stereocenters. The molecule has 0 amide bonds. The van der Waals surface area contributed by atoms with Crippen molar-refractivity contribution in [2.75, 3.05) is 4.90 Å². The Bertz CT molecular complexity index is 4640. The lowest BCUT2D eigenvalue weighted by Crippen LogP contribution is -2.33. The highest BCUT2D eigenvalue weighted by Gasteiger charge is 2.54. The predicted molar refractivity (Wildman–Crippen MR) is 401 cm³/mol. The molecule has 0 aliphatic heterocycles. The van der Waals surface area contributed by atoms with E-state index in [1.807, 2.05) is 0 Å². The van der Waals surface area contributed by atoms with Crippen molar-refractivity contribution in [1.29, 1.82) is 0 Å². The van der Waals surface area contributed by atoms with Crippen LogP contribution in [0.5, 0.6) is 0 Å². The lowest BCUT2D eigenvalue weighted by molar-refractivity contribution is 0.369. The molecule has 4 aliphatic carbocycles. The van der Waals surface area contributed by atoms with Gasteiger partial charge in [-0.15, -0.1) is 0 Å². The Kier molecular flexibility index (Phi) is 16.7. The standard InChI is InChI=1S/C91H101NO2/c1-10-14-18-22-32-51-90(52-33-23-19-15-11-2)71-42-29-26-39-65(71)84-86(90)85-82(83-68-41-28-31-44-78(68)94-87(83)84)66-48-46-63(57-76(66)91(85,53-34-24-20-16-12-3)54-35-25-21-17-13-4)92(61-38-36-37-60(5)55-61)62-45-47-64-69-58-75-70(59-74(69)89(8,9)73(64)56-62)80-72(88(75,6)7)49-50-79-81(80)67-40-27-30-43-77(67)93-79/h26-31,36-50,55-59H,10-25,32-35,51-54H2,1-9H3. The third-order valence-corrected chi connectivity index (χ3v) is 23.8. The summed E-state index contributed by atoms with van der Waals surface area (Å²) in [4.78, 5) is 2.64. The maximum Gasteiger partial charge on any atom is 0.144 e. The molecule has 2 aromatic heterocycles. The summed E-state index contributed by atoms with van der Waals surface area (Å²) in [7, 11) is 0. The van der Waals surface area contributed by atoms with Gasteiger partial charge >= 0.3 is 0 Å². The molecule has 0 saturated heterocycles. The SMILES string of the molecule is CCCCCCCC1(CCCCCCC)c2ccccc2-c2c1c1c(c3c2oc2ccccc23)-c2ccc(N(c3cccc(C)c3)c3ccc4c(c3)C(C)(C)c3cc5c(cc3-4)C(C)(C)c3ccc4oc6ccccc6c4c3-5)cc2C1(CCCCCCC)CCCCCCC. The van der Waals surface area contributed by atoms with Gasteiger partial charge in [0.05, 0.1) is 0 Å². The molecule has 94 heavy (non-hydrogen) atoms. The van der Waals surface area contributed by atoms with E-state index in [9.17, 15) is 0 Å². The van der Waals surface area contributed by atoms with Crippen molar-refractivity contribution in [1.82, 2.24) is 0 Å². The Balaban J connectivity index is 0.950. The second kappa shape index (κ2) is 25.2. The van der Waals surface area contributed by atoms with Crippen LogP contribution in [0.3, 0.4) is 0 Å². The van der Waals surface area contributed by atoms with Crippen LogP contribution < -0.4 is 4.90 Å². The molecule has 0 radical (unpaired) electrons. The first kappa shape index (κ1) is 62.5. The fourth-order valence-corrected chi connectivity index (χ4v) is 19.1. The van der Waals surface area contributed by atoms with Gasteiger partial charge in [0, 0.05) is 65.8 Å². The molecular formula is C91H101NO2. The average Bonchev–Trinajstić information content (AvgIpc) is 1.50. The van der Waals surface area contributed by atoms with E-state index in [-0.39, 0.29) is 21.7 Å². The number of unbranched alkanes of at least 4 members (excludes halogenated alkanes) is 16. The number of hydrogen-bond acceptors (Lipinski definition) is 3. The monoisotopic (exact) mass is 1240 g/mol. The van der Waals surface area contributed by atoms with Crippen molar-refractivity contribution in [2.24, 2.45) is 0 Å². The highest BCUT2D eigenvalue weighted by Crippen LogP contribution is 2.68. The van der Waals surface area contributed by atoms with Gasteiger partial charge in [-0.1, -0.05) is 275 Å². The van der Waals surface area contributed by atoms with Gasteiger partial charge in [0.25, 0.3) is 0 Å². The van der Waals surface area contributed by atoms with Crippen LogP contribution in [0.4, 0.5) is 17.1 Å². The van der Waals surface area contributed by atoms with Gasteiger partial charge in [-0.05, 0) is 188 Å². The molecule has 4 aliphatic rings. The van der Waals surface area contributed by atoms with E-state index in [0.29, 0.717) is 0 Å². The van der Waals surface area contributed by atoms with Crippen LogP contribution in [0.25, 0.3) is 88.4 Å². The minimum atomic E-state index is -0.271. The number of anilines is 3. The van der Waals surface area contributed by atoms with E-state index < -0.39 is 0 Å². The van der Waals surface area contributed by atoms with Crippen LogP contribution in [-0.4, -0.2) is 0 Å². The van der Waals surface area contributed by atoms with Crippen molar-refractivity contribution >= 4 is 60.9 Å². The normalized spacial score (nSPS) is 15.4.